The molecule has 0 unspecified atom stereocenters. The molecule has 1 aliphatic carbocycles. The first-order chi connectivity index (χ1) is 9.28. The van der Waals surface area contributed by atoms with E-state index in [1.807, 2.05) is 29.1 Å². The zero-order valence-corrected chi connectivity index (χ0v) is 10.9. The van der Waals surface area contributed by atoms with Crippen molar-refractivity contribution in [3.05, 3.63) is 47.3 Å². The van der Waals surface area contributed by atoms with E-state index in [9.17, 15) is 0 Å². The highest BCUT2D eigenvalue weighted by atomic mass is 15.3. The normalized spacial score (nSPS) is 14.3. The summed E-state index contributed by atoms with van der Waals surface area (Å²) < 4.78 is 1.89. The van der Waals surface area contributed by atoms with Gasteiger partial charge in [0.25, 0.3) is 0 Å². The Morgan fingerprint density at radius 2 is 2.32 bits per heavy atom. The molecule has 2 aromatic rings. The fourth-order valence-electron chi connectivity index (χ4n) is 2.13. The quantitative estimate of drug-likeness (QED) is 0.908. The highest BCUT2D eigenvalue weighted by Gasteiger charge is 2.20. The standard InChI is InChI=1S/C15H16N4/c1-11-13(9-17-14-5-6-14)10-18-19(11)15-4-2-3-12(7-15)8-16/h2-4,7,10,14,17H,5-6,9H2,1H3. The van der Waals surface area contributed by atoms with Crippen molar-refractivity contribution in [3.8, 4) is 11.8 Å². The summed E-state index contributed by atoms with van der Waals surface area (Å²) in [5, 5.41) is 16.9. The fourth-order valence-corrected chi connectivity index (χ4v) is 2.13. The molecule has 0 saturated heterocycles. The second kappa shape index (κ2) is 4.87. The summed E-state index contributed by atoms with van der Waals surface area (Å²) in [6.07, 6.45) is 4.48. The molecule has 0 atom stereocenters. The van der Waals surface area contributed by atoms with Gasteiger partial charge in [-0.05, 0) is 38.0 Å². The number of hydrogen-bond donors (Lipinski definition) is 1. The summed E-state index contributed by atoms with van der Waals surface area (Å²) in [7, 11) is 0. The van der Waals surface area contributed by atoms with E-state index in [-0.39, 0.29) is 0 Å². The van der Waals surface area contributed by atoms with Gasteiger partial charge in [-0.1, -0.05) is 6.07 Å². The molecule has 4 heteroatoms. The van der Waals surface area contributed by atoms with E-state index in [0.717, 1.165) is 17.9 Å². The lowest BCUT2D eigenvalue weighted by atomic mass is 10.2. The van der Waals surface area contributed by atoms with Crippen LogP contribution in [0.4, 0.5) is 0 Å². The van der Waals surface area contributed by atoms with Crippen LogP contribution in [0.3, 0.4) is 0 Å². The molecular weight excluding hydrogens is 236 g/mol. The zero-order valence-electron chi connectivity index (χ0n) is 10.9. The van der Waals surface area contributed by atoms with Gasteiger partial charge < -0.3 is 5.32 Å². The Balaban J connectivity index is 1.85. The molecular formula is C15H16N4. The summed E-state index contributed by atoms with van der Waals surface area (Å²) in [6.45, 7) is 2.93. The van der Waals surface area contributed by atoms with Crippen molar-refractivity contribution >= 4 is 0 Å². The minimum atomic E-state index is 0.657. The molecule has 4 nitrogen and oxygen atoms in total. The zero-order chi connectivity index (χ0) is 13.2. The van der Waals surface area contributed by atoms with Crippen LogP contribution >= 0.6 is 0 Å². The molecule has 0 aliphatic heterocycles. The van der Waals surface area contributed by atoms with Crippen LogP contribution in [0, 0.1) is 18.3 Å². The first-order valence-corrected chi connectivity index (χ1v) is 6.55. The van der Waals surface area contributed by atoms with Crippen molar-refractivity contribution in [2.24, 2.45) is 0 Å². The van der Waals surface area contributed by atoms with Gasteiger partial charge in [-0.2, -0.15) is 10.4 Å². The monoisotopic (exact) mass is 252 g/mol. The predicted octanol–water partition coefficient (Wildman–Crippen LogP) is 2.30. The topological polar surface area (TPSA) is 53.6 Å². The SMILES string of the molecule is Cc1c(CNC2CC2)cnn1-c1cccc(C#N)c1. The maximum Gasteiger partial charge on any atom is 0.0992 e. The molecule has 1 N–H and O–H groups in total. The van der Waals surface area contributed by atoms with E-state index < -0.39 is 0 Å². The molecule has 0 radical (unpaired) electrons. The Kier molecular flexibility index (Phi) is 3.06. The number of rotatable bonds is 4. The second-order valence-electron chi connectivity index (χ2n) is 4.98. The van der Waals surface area contributed by atoms with E-state index in [1.165, 1.54) is 18.4 Å². The van der Waals surface area contributed by atoms with Crippen molar-refractivity contribution in [1.29, 1.82) is 5.26 Å². The molecule has 19 heavy (non-hydrogen) atoms. The van der Waals surface area contributed by atoms with Crippen LogP contribution in [-0.2, 0) is 6.54 Å². The Hall–Kier alpha value is -2.12. The lowest BCUT2D eigenvalue weighted by molar-refractivity contribution is 0.684. The predicted molar refractivity (Wildman–Crippen MR) is 72.9 cm³/mol. The Morgan fingerprint density at radius 1 is 1.47 bits per heavy atom. The lowest BCUT2D eigenvalue weighted by Gasteiger charge is -2.06. The smallest absolute Gasteiger partial charge is 0.0992 e. The molecule has 96 valence electrons. The van der Waals surface area contributed by atoms with Gasteiger partial charge in [0.1, 0.15) is 0 Å². The molecule has 3 rings (SSSR count). The Labute approximate surface area is 112 Å². The average Bonchev–Trinajstić information content (AvgIpc) is 3.20. The van der Waals surface area contributed by atoms with E-state index >= 15 is 0 Å². The minimum Gasteiger partial charge on any atom is -0.310 e. The Morgan fingerprint density at radius 3 is 3.05 bits per heavy atom. The van der Waals surface area contributed by atoms with Gasteiger partial charge >= 0.3 is 0 Å². The largest absolute Gasteiger partial charge is 0.310 e. The maximum atomic E-state index is 8.95. The number of benzene rings is 1. The molecule has 1 aromatic heterocycles. The van der Waals surface area contributed by atoms with E-state index in [2.05, 4.69) is 23.4 Å². The third-order valence-electron chi connectivity index (χ3n) is 3.49. The first kappa shape index (κ1) is 11.9. The third kappa shape index (κ3) is 2.51. The summed E-state index contributed by atoms with van der Waals surface area (Å²) in [6, 6.07) is 10.4. The lowest BCUT2D eigenvalue weighted by Crippen LogP contribution is -2.15. The van der Waals surface area contributed by atoms with Crippen LogP contribution < -0.4 is 5.32 Å². The number of hydrogen-bond acceptors (Lipinski definition) is 3. The van der Waals surface area contributed by atoms with Crippen LogP contribution in [0.25, 0.3) is 5.69 Å². The van der Waals surface area contributed by atoms with Gasteiger partial charge in [-0.15, -0.1) is 0 Å². The maximum absolute atomic E-state index is 8.95. The molecule has 1 fully saturated rings. The van der Waals surface area contributed by atoms with Gasteiger partial charge in [-0.25, -0.2) is 4.68 Å². The van der Waals surface area contributed by atoms with Gasteiger partial charge in [-0.3, -0.25) is 0 Å². The number of nitrogens with one attached hydrogen (secondary N) is 1. The van der Waals surface area contributed by atoms with Crippen molar-refractivity contribution in [2.45, 2.75) is 32.4 Å². The average molecular weight is 252 g/mol. The Bertz CT molecular complexity index is 632. The van der Waals surface area contributed by atoms with E-state index in [4.69, 9.17) is 5.26 Å². The number of aromatic nitrogens is 2. The second-order valence-corrected chi connectivity index (χ2v) is 4.98. The third-order valence-corrected chi connectivity index (χ3v) is 3.49. The number of nitrogens with zero attached hydrogens (tertiary/aromatic N) is 3. The summed E-state index contributed by atoms with van der Waals surface area (Å²) in [4.78, 5) is 0. The highest BCUT2D eigenvalue weighted by molar-refractivity contribution is 5.42. The minimum absolute atomic E-state index is 0.657. The van der Waals surface area contributed by atoms with Crippen LogP contribution in [0.5, 0.6) is 0 Å². The van der Waals surface area contributed by atoms with Crippen molar-refractivity contribution in [2.75, 3.05) is 0 Å². The van der Waals surface area contributed by atoms with Gasteiger partial charge in [0, 0.05) is 23.8 Å². The molecule has 1 aromatic carbocycles. The summed E-state index contributed by atoms with van der Waals surface area (Å²) in [5.41, 5.74) is 3.94. The van der Waals surface area contributed by atoms with Crippen molar-refractivity contribution < 1.29 is 0 Å². The van der Waals surface area contributed by atoms with Crippen molar-refractivity contribution in [1.82, 2.24) is 15.1 Å². The van der Waals surface area contributed by atoms with Gasteiger partial charge in [0.2, 0.25) is 0 Å². The van der Waals surface area contributed by atoms with E-state index in [0.29, 0.717) is 11.6 Å². The van der Waals surface area contributed by atoms with Gasteiger partial charge in [0.15, 0.2) is 0 Å². The first-order valence-electron chi connectivity index (χ1n) is 6.55. The molecule has 0 amide bonds. The van der Waals surface area contributed by atoms with Crippen LogP contribution in [-0.4, -0.2) is 15.8 Å². The highest BCUT2D eigenvalue weighted by Crippen LogP contribution is 2.20. The van der Waals surface area contributed by atoms with Crippen molar-refractivity contribution in [3.63, 3.8) is 0 Å². The van der Waals surface area contributed by atoms with Crippen LogP contribution in [0.1, 0.15) is 29.7 Å². The van der Waals surface area contributed by atoms with Gasteiger partial charge in [0.05, 0.1) is 23.5 Å². The van der Waals surface area contributed by atoms with Crippen LogP contribution in [0.2, 0.25) is 0 Å². The molecule has 0 spiro atoms. The summed E-state index contributed by atoms with van der Waals surface area (Å²) >= 11 is 0. The van der Waals surface area contributed by atoms with Crippen LogP contribution in [0.15, 0.2) is 30.5 Å². The number of nitriles is 1. The molecule has 1 saturated carbocycles. The fraction of sp³-hybridized carbons (Fsp3) is 0.333. The summed E-state index contributed by atoms with van der Waals surface area (Å²) in [5.74, 6) is 0. The molecule has 1 aliphatic rings. The molecule has 0 bridgehead atoms. The molecule has 1 heterocycles. The van der Waals surface area contributed by atoms with E-state index in [1.54, 1.807) is 6.07 Å².